The first-order chi connectivity index (χ1) is 38.9. The number of Topliss-reactive ketones (excluding diaryl/α,β-unsaturated/α-hetero) is 1. The Hall–Kier alpha value is -7.24. The lowest BCUT2D eigenvalue weighted by molar-refractivity contribution is -0.144. The van der Waals surface area contributed by atoms with Crippen LogP contribution in [-0.2, 0) is 41.6 Å². The number of carbonyl (C=O) groups excluding carboxylic acids is 8. The van der Waals surface area contributed by atoms with E-state index in [1.54, 1.807) is 52.2 Å². The highest BCUT2D eigenvalue weighted by Gasteiger charge is 2.49. The lowest BCUT2D eigenvalue weighted by Crippen LogP contribution is -2.59. The highest BCUT2D eigenvalue weighted by Crippen LogP contribution is 2.39. The molecule has 4 aliphatic rings. The normalized spacial score (nSPS) is 22.9. The zero-order valence-corrected chi connectivity index (χ0v) is 49.4. The molecule has 1 aliphatic heterocycles. The molecular weight excluding hydrogens is 1030 g/mol. The summed E-state index contributed by atoms with van der Waals surface area (Å²) in [5.74, 6) is -4.11. The molecule has 4 aromatic rings. The molecule has 4 aromatic carbocycles. The monoisotopic (exact) mass is 1120 g/mol. The number of hydrogen-bond acceptors (Lipinski definition) is 10. The number of likely N-dealkylation sites (N-methyl/N-ethyl adjacent to an activating group) is 2. The summed E-state index contributed by atoms with van der Waals surface area (Å²) in [6, 6.07) is 24.9. The number of carbonyl (C=O) groups is 8. The number of nitrogens with one attached hydrogen (secondary N) is 8. The molecule has 2 fully saturated rings. The largest absolute Gasteiger partial charge is 0.349 e. The molecule has 1 saturated carbocycles. The minimum Gasteiger partial charge on any atom is -0.349 e. The Morgan fingerprint density at radius 2 is 0.951 bits per heavy atom. The third-order valence-electron chi connectivity index (χ3n) is 17.3. The second kappa shape index (κ2) is 25.9. The van der Waals surface area contributed by atoms with E-state index in [4.69, 9.17) is 0 Å². The van der Waals surface area contributed by atoms with Crippen LogP contribution in [0.3, 0.4) is 0 Å². The number of likely N-dealkylation sites (tertiary alicyclic amines) is 1. The number of ketones is 1. The van der Waals surface area contributed by atoms with Crippen LogP contribution in [0.2, 0.25) is 0 Å². The van der Waals surface area contributed by atoms with E-state index in [1.807, 2.05) is 102 Å². The zero-order valence-electron chi connectivity index (χ0n) is 49.4. The van der Waals surface area contributed by atoms with Crippen molar-refractivity contribution in [2.24, 2.45) is 22.7 Å². The first-order valence-corrected chi connectivity index (χ1v) is 29.3. The van der Waals surface area contributed by atoms with Crippen molar-refractivity contribution in [2.75, 3.05) is 20.6 Å². The topological polar surface area (TPSA) is 236 Å². The van der Waals surface area contributed by atoms with Crippen LogP contribution in [0, 0.1) is 22.7 Å². The molecule has 1 unspecified atom stereocenters. The average Bonchev–Trinajstić information content (AvgIpc) is 4.28. The molecule has 8 rings (SSSR count). The van der Waals surface area contributed by atoms with Gasteiger partial charge < -0.3 is 47.4 Å². The van der Waals surface area contributed by atoms with E-state index in [2.05, 4.69) is 54.7 Å². The van der Waals surface area contributed by atoms with Gasteiger partial charge in [-0.05, 0) is 154 Å². The molecule has 7 amide bonds. The van der Waals surface area contributed by atoms with Gasteiger partial charge in [0.2, 0.25) is 29.5 Å². The second-order valence-electron chi connectivity index (χ2n) is 25.3. The van der Waals surface area contributed by atoms with E-state index >= 15 is 0 Å². The standard InChI is InChI=1S/C65H85N9O8/c1-37(66-9)57(76)72-55(64(3,4)5)54(75)49-33-45(34-50(49)61(80)70-51-23-15-19-41-17-11-13-21-47(41)51)68-59(78)43-29-25-39(26-30-43)40-27-31-44(32-28-40)60(79)69-46-35-53(62(81)71-52-24-16-20-42-18-12-14-22-48(42)52)74(36-46)63(82)56(65(6,7)8)73-58(77)38(2)67-10/h11-14,17-18,21-22,25-32,37-38,45-46,49-53,55-56,66-67H,15-16,19-20,23-24,33-36H2,1-10H3,(H,68,78)(H,69,79)(H,70,80)(H,71,81)(H,72,76)(H,73,77)/t37-,38-,45+,46-,49?,50+,51+,52+,53-,55+,56+/m0/s1. The summed E-state index contributed by atoms with van der Waals surface area (Å²) in [6.45, 7) is 14.8. The van der Waals surface area contributed by atoms with Crippen LogP contribution < -0.4 is 42.5 Å². The molecule has 1 saturated heterocycles. The molecule has 82 heavy (non-hydrogen) atoms. The van der Waals surface area contributed by atoms with Crippen LogP contribution in [0.25, 0.3) is 11.1 Å². The maximum atomic E-state index is 14.7. The first-order valence-electron chi connectivity index (χ1n) is 29.3. The number of aryl methyl sites for hydroxylation is 2. The van der Waals surface area contributed by atoms with E-state index in [-0.39, 0.29) is 79.1 Å². The van der Waals surface area contributed by atoms with Crippen LogP contribution >= 0.6 is 0 Å². The van der Waals surface area contributed by atoms with Gasteiger partial charge in [-0.25, -0.2) is 0 Å². The molecule has 17 heteroatoms. The molecule has 11 atom stereocenters. The number of amides is 7. The van der Waals surface area contributed by atoms with Gasteiger partial charge in [0.25, 0.3) is 11.8 Å². The van der Waals surface area contributed by atoms with Crippen LogP contribution in [-0.4, -0.2) is 115 Å². The maximum absolute atomic E-state index is 14.7. The SMILES string of the molecule is CN[C@@H](C)C(=O)N[C@H](C(=O)C1C[C@@H](NC(=O)c2ccc(-c3ccc(C(=O)N[C@H]4C[C@@H](C(=O)N[C@@H]5CCCc6ccccc65)N(C(=O)[C@@H](NC(=O)[C@H](C)NC)C(C)(C)C)C4)cc3)cc2)C[C@H]1C(=O)N[C@@H]1CCCc2ccccc21)C(C)(C)C. The summed E-state index contributed by atoms with van der Waals surface area (Å²) in [5.41, 5.74) is 5.49. The van der Waals surface area contributed by atoms with Crippen LogP contribution in [0.5, 0.6) is 0 Å². The molecule has 1 heterocycles. The zero-order chi connectivity index (χ0) is 59.2. The fourth-order valence-corrected chi connectivity index (χ4v) is 12.3. The fourth-order valence-electron chi connectivity index (χ4n) is 12.3. The highest BCUT2D eigenvalue weighted by atomic mass is 16.2. The Morgan fingerprint density at radius 1 is 0.512 bits per heavy atom. The molecule has 17 nitrogen and oxygen atoms in total. The van der Waals surface area contributed by atoms with Gasteiger partial charge in [0, 0.05) is 41.6 Å². The molecule has 0 spiro atoms. The first kappa shape index (κ1) is 60.8. The fraction of sp³-hybridized carbons (Fsp3) is 0.508. The number of benzene rings is 4. The van der Waals surface area contributed by atoms with Crippen molar-refractivity contribution in [1.29, 1.82) is 0 Å². The Labute approximate surface area is 483 Å². The molecule has 8 N–H and O–H groups in total. The molecule has 0 bridgehead atoms. The Morgan fingerprint density at radius 3 is 1.43 bits per heavy atom. The minimum absolute atomic E-state index is 0.0606. The third kappa shape index (κ3) is 14.1. The van der Waals surface area contributed by atoms with E-state index in [9.17, 15) is 38.4 Å². The van der Waals surface area contributed by atoms with Gasteiger partial charge in [0.05, 0.1) is 30.2 Å². The van der Waals surface area contributed by atoms with E-state index in [0.717, 1.165) is 60.8 Å². The summed E-state index contributed by atoms with van der Waals surface area (Å²) < 4.78 is 0. The minimum atomic E-state index is -0.955. The Balaban J connectivity index is 0.937. The van der Waals surface area contributed by atoms with Gasteiger partial charge in [-0.1, -0.05) is 114 Å². The lowest BCUT2D eigenvalue weighted by Gasteiger charge is -2.36. The predicted molar refractivity (Wildman–Crippen MR) is 316 cm³/mol. The Bertz CT molecular complexity index is 2800. The second-order valence-corrected chi connectivity index (χ2v) is 25.3. The quantitative estimate of drug-likeness (QED) is 0.0545. The van der Waals surface area contributed by atoms with Crippen molar-refractivity contribution in [1.82, 2.24) is 47.4 Å². The van der Waals surface area contributed by atoms with Gasteiger partial charge >= 0.3 is 0 Å². The van der Waals surface area contributed by atoms with Gasteiger partial charge in [0.1, 0.15) is 12.1 Å². The predicted octanol–water partition coefficient (Wildman–Crippen LogP) is 6.41. The number of nitrogens with zero attached hydrogens (tertiary/aromatic N) is 1. The average molecular weight is 1120 g/mol. The van der Waals surface area contributed by atoms with Gasteiger partial charge in [-0.3, -0.25) is 38.4 Å². The van der Waals surface area contributed by atoms with E-state index in [1.165, 1.54) is 16.0 Å². The van der Waals surface area contributed by atoms with Crippen molar-refractivity contribution in [2.45, 2.75) is 168 Å². The number of hydrogen-bond donors (Lipinski definition) is 8. The molecular formula is C65H85N9O8. The summed E-state index contributed by atoms with van der Waals surface area (Å²) in [5, 5.41) is 24.5. The van der Waals surface area contributed by atoms with E-state index < -0.39 is 70.9 Å². The van der Waals surface area contributed by atoms with Crippen molar-refractivity contribution < 1.29 is 38.4 Å². The molecule has 438 valence electrons. The van der Waals surface area contributed by atoms with Crippen LogP contribution in [0.15, 0.2) is 97.1 Å². The summed E-state index contributed by atoms with van der Waals surface area (Å²) >= 11 is 0. The van der Waals surface area contributed by atoms with Crippen molar-refractivity contribution in [3.8, 4) is 11.1 Å². The van der Waals surface area contributed by atoms with Gasteiger partial charge in [-0.2, -0.15) is 0 Å². The lowest BCUT2D eigenvalue weighted by atomic mass is 9.77. The molecule has 0 aromatic heterocycles. The third-order valence-corrected chi connectivity index (χ3v) is 17.3. The molecule has 3 aliphatic carbocycles. The Kier molecular flexibility index (Phi) is 19.2. The summed E-state index contributed by atoms with van der Waals surface area (Å²) in [6.07, 6.45) is 5.86. The van der Waals surface area contributed by atoms with Crippen LogP contribution in [0.4, 0.5) is 0 Å². The van der Waals surface area contributed by atoms with Gasteiger partial charge in [-0.15, -0.1) is 0 Å². The maximum Gasteiger partial charge on any atom is 0.251 e. The van der Waals surface area contributed by atoms with E-state index in [0.29, 0.717) is 11.1 Å². The summed E-state index contributed by atoms with van der Waals surface area (Å²) in [4.78, 5) is 114. The van der Waals surface area contributed by atoms with Crippen molar-refractivity contribution in [3.63, 3.8) is 0 Å². The summed E-state index contributed by atoms with van der Waals surface area (Å²) in [7, 11) is 3.34. The number of fused-ring (bicyclic) bond motifs is 2. The highest BCUT2D eigenvalue weighted by molar-refractivity contribution is 5.99. The van der Waals surface area contributed by atoms with Gasteiger partial charge in [0.15, 0.2) is 5.78 Å². The van der Waals surface area contributed by atoms with Crippen molar-refractivity contribution >= 4 is 47.1 Å². The molecule has 0 radical (unpaired) electrons. The number of rotatable bonds is 18. The smallest absolute Gasteiger partial charge is 0.251 e. The van der Waals surface area contributed by atoms with Crippen LogP contribution in [0.1, 0.15) is 155 Å². The van der Waals surface area contributed by atoms with Crippen molar-refractivity contribution in [3.05, 3.63) is 130 Å².